The maximum absolute atomic E-state index is 4.86. The predicted molar refractivity (Wildman–Crippen MR) is 28.7 cm³/mol. The lowest BCUT2D eigenvalue weighted by Crippen LogP contribution is -1.98. The van der Waals surface area contributed by atoms with Crippen LogP contribution in [0.3, 0.4) is 0 Å². The van der Waals surface area contributed by atoms with E-state index in [9.17, 15) is 0 Å². The van der Waals surface area contributed by atoms with Gasteiger partial charge in [-0.2, -0.15) is 0 Å². The van der Waals surface area contributed by atoms with E-state index in [4.69, 9.17) is 4.74 Å². The van der Waals surface area contributed by atoms with Crippen molar-refractivity contribution in [1.29, 1.82) is 0 Å². The van der Waals surface area contributed by atoms with Gasteiger partial charge in [-0.3, -0.25) is 0 Å². The normalized spacial score (nSPS) is 10.0. The first-order chi connectivity index (χ1) is 2.77. The Balaban J connectivity index is 2.63. The second-order valence-electron chi connectivity index (χ2n) is 1.33. The number of hydrogen-bond donors (Lipinski definition) is 0. The van der Waals surface area contributed by atoms with Crippen molar-refractivity contribution in [2.75, 3.05) is 5.94 Å². The molecule has 0 aromatic rings. The monoisotopic (exact) mass is 105 g/mol. The molecule has 0 aliphatic heterocycles. The molecule has 0 heterocycles. The zero-order chi connectivity index (χ0) is 4.99. The molecule has 1 nitrogen and oxygen atoms in total. The Morgan fingerprint density at radius 3 is 2.17 bits per heavy atom. The Morgan fingerprint density at radius 1 is 1.67 bits per heavy atom. The Kier molecular flexibility index (Phi) is 3.68. The average Bonchev–Trinajstić information content (AvgIpc) is 1.35. The second-order valence-corrected chi connectivity index (χ2v) is 1.57. The molecule has 0 fully saturated rings. The van der Waals surface area contributed by atoms with E-state index in [1.54, 1.807) is 0 Å². The highest BCUT2D eigenvalue weighted by molar-refractivity contribution is 7.80. The Labute approximate surface area is 44.1 Å². The number of hydrogen-bond acceptors (Lipinski definition) is 1. The fraction of sp³-hybridized carbons (Fsp3) is 1.00. The van der Waals surface area contributed by atoms with Crippen molar-refractivity contribution in [1.82, 2.24) is 0 Å². The molecule has 1 radical (unpaired) electrons. The first-order valence-corrected chi connectivity index (χ1v) is 2.55. The highest BCUT2D eigenvalue weighted by Crippen LogP contribution is 1.86. The number of rotatable bonds is 2. The maximum Gasteiger partial charge on any atom is 0.103 e. The van der Waals surface area contributed by atoms with Crippen LogP contribution in [0.1, 0.15) is 13.8 Å². The minimum absolute atomic E-state index is 0.294. The fourth-order valence-electron chi connectivity index (χ4n) is 0.136. The molecule has 0 aliphatic rings. The van der Waals surface area contributed by atoms with E-state index in [2.05, 4.69) is 12.6 Å². The molecule has 0 bridgehead atoms. The van der Waals surface area contributed by atoms with Gasteiger partial charge in [0.2, 0.25) is 0 Å². The van der Waals surface area contributed by atoms with Crippen LogP contribution in [0.5, 0.6) is 0 Å². The van der Waals surface area contributed by atoms with Crippen LogP contribution in [-0.2, 0) is 4.74 Å². The van der Waals surface area contributed by atoms with Crippen molar-refractivity contribution in [3.63, 3.8) is 0 Å². The molecule has 0 atom stereocenters. The van der Waals surface area contributed by atoms with Gasteiger partial charge in [-0.05, 0) is 13.8 Å². The summed E-state index contributed by atoms with van der Waals surface area (Å²) in [6.07, 6.45) is 0.294. The second kappa shape index (κ2) is 3.50. The fourth-order valence-corrected chi connectivity index (χ4v) is 0.408. The van der Waals surface area contributed by atoms with Crippen molar-refractivity contribution in [3.05, 3.63) is 0 Å². The molecule has 0 N–H and O–H groups in total. The zero-order valence-corrected chi connectivity index (χ0v) is 4.92. The van der Waals surface area contributed by atoms with Gasteiger partial charge >= 0.3 is 0 Å². The van der Waals surface area contributed by atoms with Crippen LogP contribution in [0.2, 0.25) is 0 Å². The summed E-state index contributed by atoms with van der Waals surface area (Å²) in [7, 11) is 0. The summed E-state index contributed by atoms with van der Waals surface area (Å²) >= 11 is 4.51. The van der Waals surface area contributed by atoms with Crippen molar-refractivity contribution in [3.8, 4) is 0 Å². The Hall–Kier alpha value is 0.310. The van der Waals surface area contributed by atoms with Gasteiger partial charge in [0.1, 0.15) is 5.94 Å². The number of ether oxygens (including phenoxy) is 1. The van der Waals surface area contributed by atoms with Gasteiger partial charge in [0.25, 0.3) is 0 Å². The minimum Gasteiger partial charge on any atom is -0.367 e. The zero-order valence-electron chi connectivity index (χ0n) is 4.10. The molecule has 0 spiro atoms. The summed E-state index contributed by atoms with van der Waals surface area (Å²) in [5.74, 6) is 0.414. The van der Waals surface area contributed by atoms with Crippen molar-refractivity contribution in [2.24, 2.45) is 0 Å². The van der Waals surface area contributed by atoms with Gasteiger partial charge in [0, 0.05) is 0 Å². The molecule has 37 valence electrons. The molecule has 0 rings (SSSR count). The summed E-state index contributed by atoms with van der Waals surface area (Å²) in [5.41, 5.74) is 0. The molecular weight excluding hydrogens is 96.1 g/mol. The smallest absolute Gasteiger partial charge is 0.103 e. The molecule has 0 aromatic heterocycles. The van der Waals surface area contributed by atoms with E-state index in [0.29, 0.717) is 12.0 Å². The van der Waals surface area contributed by atoms with E-state index >= 15 is 0 Å². The standard InChI is InChI=1S/C4H9OS/c1-4(2)5-3-6/h4H,3H2,1-2H3. The molecule has 0 unspecified atom stereocenters. The summed E-state index contributed by atoms with van der Waals surface area (Å²) in [6, 6.07) is 0. The van der Waals surface area contributed by atoms with Crippen LogP contribution in [0.25, 0.3) is 0 Å². The van der Waals surface area contributed by atoms with Crippen LogP contribution in [0.4, 0.5) is 0 Å². The van der Waals surface area contributed by atoms with Crippen LogP contribution in [0.15, 0.2) is 0 Å². The quantitative estimate of drug-likeness (QED) is 0.518. The molecule has 0 saturated carbocycles. The summed E-state index contributed by atoms with van der Waals surface area (Å²) in [6.45, 7) is 3.93. The van der Waals surface area contributed by atoms with E-state index in [-0.39, 0.29) is 0 Å². The largest absolute Gasteiger partial charge is 0.367 e. The van der Waals surface area contributed by atoms with Gasteiger partial charge in [0.15, 0.2) is 0 Å². The van der Waals surface area contributed by atoms with Gasteiger partial charge in [-0.15, -0.1) is 0 Å². The topological polar surface area (TPSA) is 9.23 Å². The van der Waals surface area contributed by atoms with Gasteiger partial charge < -0.3 is 4.74 Å². The molecule has 0 amide bonds. The summed E-state index contributed by atoms with van der Waals surface area (Å²) in [4.78, 5) is 0. The van der Waals surface area contributed by atoms with Crippen LogP contribution in [-0.4, -0.2) is 12.0 Å². The van der Waals surface area contributed by atoms with Crippen molar-refractivity contribution in [2.45, 2.75) is 20.0 Å². The summed E-state index contributed by atoms with van der Waals surface area (Å²) < 4.78 is 4.86. The lowest BCUT2D eigenvalue weighted by atomic mass is 10.5. The van der Waals surface area contributed by atoms with Gasteiger partial charge in [-0.25, -0.2) is 0 Å². The SMILES string of the molecule is CC(C)OC[S]. The lowest BCUT2D eigenvalue weighted by Gasteiger charge is -1.99. The lowest BCUT2D eigenvalue weighted by molar-refractivity contribution is 0.121. The molecule has 0 aliphatic carbocycles. The van der Waals surface area contributed by atoms with Crippen LogP contribution >= 0.6 is 12.6 Å². The highest BCUT2D eigenvalue weighted by atomic mass is 32.1. The van der Waals surface area contributed by atoms with E-state index in [1.807, 2.05) is 13.8 Å². The third-order valence-electron chi connectivity index (χ3n) is 0.401. The molecule has 0 saturated heterocycles. The van der Waals surface area contributed by atoms with Crippen molar-refractivity contribution < 1.29 is 4.74 Å². The third-order valence-corrected chi connectivity index (χ3v) is 0.537. The molecule has 0 aromatic carbocycles. The average molecular weight is 105 g/mol. The van der Waals surface area contributed by atoms with E-state index in [1.165, 1.54) is 0 Å². The molecule has 6 heavy (non-hydrogen) atoms. The molecule has 2 heteroatoms. The van der Waals surface area contributed by atoms with Crippen molar-refractivity contribution >= 4 is 12.6 Å². The van der Waals surface area contributed by atoms with E-state index in [0.717, 1.165) is 0 Å². The molecular formula is C4H9OS. The van der Waals surface area contributed by atoms with Gasteiger partial charge in [-0.1, -0.05) is 12.6 Å². The summed E-state index contributed by atoms with van der Waals surface area (Å²) in [5, 5.41) is 0. The Morgan fingerprint density at radius 2 is 2.17 bits per heavy atom. The van der Waals surface area contributed by atoms with Crippen LogP contribution in [0, 0.1) is 0 Å². The first-order valence-electron chi connectivity index (χ1n) is 1.97. The predicted octanol–water partition coefficient (Wildman–Crippen LogP) is 1.57. The van der Waals surface area contributed by atoms with Crippen LogP contribution < -0.4 is 0 Å². The van der Waals surface area contributed by atoms with E-state index < -0.39 is 0 Å². The maximum atomic E-state index is 4.86. The third kappa shape index (κ3) is 4.31. The Bertz CT molecular complexity index is 28.7. The highest BCUT2D eigenvalue weighted by Gasteiger charge is 1.84. The van der Waals surface area contributed by atoms with Gasteiger partial charge in [0.05, 0.1) is 6.10 Å². The minimum atomic E-state index is 0.294. The first kappa shape index (κ1) is 6.31.